The van der Waals surface area contributed by atoms with E-state index in [9.17, 15) is 13.2 Å². The standard InChI is InChI=1S/C16H23NO3S/c1-4-21(19,20)11-16(18)17-14(12(2)3)10-9-13-7-5-6-8-15(13)17/h5-8,12,14H,4,9-11H2,1-3H3/t14-/m1/s1. The van der Waals surface area contributed by atoms with Crippen molar-refractivity contribution in [2.45, 2.75) is 39.7 Å². The lowest BCUT2D eigenvalue weighted by Crippen LogP contribution is -2.48. The van der Waals surface area contributed by atoms with Gasteiger partial charge in [0, 0.05) is 17.5 Å². The molecule has 1 aliphatic heterocycles. The highest BCUT2D eigenvalue weighted by Gasteiger charge is 2.34. The second-order valence-corrected chi connectivity index (χ2v) is 8.27. The normalized spacial score (nSPS) is 18.7. The number of carbonyl (C=O) groups is 1. The molecule has 0 bridgehead atoms. The first-order valence-corrected chi connectivity index (χ1v) is 9.28. The van der Waals surface area contributed by atoms with Gasteiger partial charge >= 0.3 is 0 Å². The third-order valence-corrected chi connectivity index (χ3v) is 5.68. The van der Waals surface area contributed by atoms with Gasteiger partial charge in [0.25, 0.3) is 0 Å². The van der Waals surface area contributed by atoms with Gasteiger partial charge in [-0.2, -0.15) is 0 Å². The number of aryl methyl sites for hydroxylation is 1. The molecule has 1 aliphatic rings. The van der Waals surface area contributed by atoms with E-state index < -0.39 is 15.6 Å². The lowest BCUT2D eigenvalue weighted by atomic mass is 9.89. The van der Waals surface area contributed by atoms with Gasteiger partial charge in [0.15, 0.2) is 9.84 Å². The van der Waals surface area contributed by atoms with Crippen LogP contribution < -0.4 is 4.90 Å². The van der Waals surface area contributed by atoms with Crippen LogP contribution in [0.1, 0.15) is 32.8 Å². The Hall–Kier alpha value is -1.36. The molecule has 0 saturated carbocycles. The maximum atomic E-state index is 12.6. The number of anilines is 1. The van der Waals surface area contributed by atoms with E-state index in [1.165, 1.54) is 0 Å². The van der Waals surface area contributed by atoms with Crippen LogP contribution in [0.5, 0.6) is 0 Å². The molecule has 1 heterocycles. The predicted octanol–water partition coefficient (Wildman–Crippen LogP) is 2.43. The summed E-state index contributed by atoms with van der Waals surface area (Å²) in [6.45, 7) is 5.73. The fourth-order valence-electron chi connectivity index (χ4n) is 2.88. The molecule has 0 unspecified atom stereocenters. The first-order valence-electron chi connectivity index (χ1n) is 7.46. The Morgan fingerprint density at radius 2 is 2.00 bits per heavy atom. The molecule has 1 aromatic carbocycles. The molecular weight excluding hydrogens is 286 g/mol. The van der Waals surface area contributed by atoms with Crippen LogP contribution in [-0.2, 0) is 21.1 Å². The molecule has 2 rings (SSSR count). The molecule has 0 saturated heterocycles. The van der Waals surface area contributed by atoms with Gasteiger partial charge in [-0.3, -0.25) is 4.79 Å². The minimum absolute atomic E-state index is 0.000568. The summed E-state index contributed by atoms with van der Waals surface area (Å²) in [5, 5.41) is 0. The number of hydrogen-bond donors (Lipinski definition) is 0. The molecule has 1 atom stereocenters. The third-order valence-electron chi connectivity index (χ3n) is 4.11. The van der Waals surface area contributed by atoms with E-state index in [2.05, 4.69) is 13.8 Å². The first-order chi connectivity index (χ1) is 9.85. The van der Waals surface area contributed by atoms with Crippen LogP contribution in [0.3, 0.4) is 0 Å². The number of fused-ring (bicyclic) bond motifs is 1. The molecule has 0 aliphatic carbocycles. The van der Waals surface area contributed by atoms with Crippen molar-refractivity contribution in [1.82, 2.24) is 0 Å². The summed E-state index contributed by atoms with van der Waals surface area (Å²) < 4.78 is 23.6. The van der Waals surface area contributed by atoms with E-state index in [-0.39, 0.29) is 17.7 Å². The topological polar surface area (TPSA) is 54.5 Å². The van der Waals surface area contributed by atoms with Crippen LogP contribution in [0.2, 0.25) is 0 Å². The highest BCUT2D eigenvalue weighted by atomic mass is 32.2. The smallest absolute Gasteiger partial charge is 0.242 e. The average molecular weight is 309 g/mol. The van der Waals surface area contributed by atoms with Gasteiger partial charge in [0.2, 0.25) is 5.91 Å². The van der Waals surface area contributed by atoms with Gasteiger partial charge in [0.05, 0.1) is 0 Å². The molecule has 0 spiro atoms. The van der Waals surface area contributed by atoms with E-state index in [4.69, 9.17) is 0 Å². The lowest BCUT2D eigenvalue weighted by Gasteiger charge is -2.39. The monoisotopic (exact) mass is 309 g/mol. The number of benzene rings is 1. The predicted molar refractivity (Wildman–Crippen MR) is 85.2 cm³/mol. The maximum absolute atomic E-state index is 12.6. The summed E-state index contributed by atoms with van der Waals surface area (Å²) in [5.74, 6) is -0.406. The molecule has 4 nitrogen and oxygen atoms in total. The van der Waals surface area contributed by atoms with Crippen LogP contribution in [-0.4, -0.2) is 31.9 Å². The lowest BCUT2D eigenvalue weighted by molar-refractivity contribution is -0.117. The van der Waals surface area contributed by atoms with Crippen molar-refractivity contribution < 1.29 is 13.2 Å². The van der Waals surface area contributed by atoms with Crippen molar-refractivity contribution >= 4 is 21.4 Å². The van der Waals surface area contributed by atoms with Crippen molar-refractivity contribution in [3.05, 3.63) is 29.8 Å². The van der Waals surface area contributed by atoms with E-state index in [0.717, 1.165) is 24.1 Å². The fourth-order valence-corrected chi connectivity index (χ4v) is 3.60. The van der Waals surface area contributed by atoms with Gasteiger partial charge in [0.1, 0.15) is 5.75 Å². The largest absolute Gasteiger partial charge is 0.308 e. The summed E-state index contributed by atoms with van der Waals surface area (Å²) >= 11 is 0. The number of rotatable bonds is 4. The Bertz CT molecular complexity index is 622. The Kier molecular flexibility index (Phi) is 4.71. The zero-order valence-electron chi connectivity index (χ0n) is 12.9. The second kappa shape index (κ2) is 6.18. The van der Waals surface area contributed by atoms with E-state index in [1.807, 2.05) is 24.3 Å². The quantitative estimate of drug-likeness (QED) is 0.858. The van der Waals surface area contributed by atoms with Gasteiger partial charge < -0.3 is 4.90 Å². The summed E-state index contributed by atoms with van der Waals surface area (Å²) in [4.78, 5) is 14.3. The Balaban J connectivity index is 2.38. The SMILES string of the molecule is CCS(=O)(=O)CC(=O)N1c2ccccc2CC[C@@H]1C(C)C. The van der Waals surface area contributed by atoms with Crippen LogP contribution in [0.4, 0.5) is 5.69 Å². The molecular formula is C16H23NO3S. The Labute approximate surface area is 127 Å². The zero-order chi connectivity index (χ0) is 15.6. The number of carbonyl (C=O) groups excluding carboxylic acids is 1. The molecule has 0 fully saturated rings. The van der Waals surface area contributed by atoms with Crippen molar-refractivity contribution in [1.29, 1.82) is 0 Å². The summed E-state index contributed by atoms with van der Waals surface area (Å²) in [6.07, 6.45) is 1.82. The minimum atomic E-state index is -3.31. The molecule has 1 amide bonds. The van der Waals surface area contributed by atoms with E-state index >= 15 is 0 Å². The summed E-state index contributed by atoms with van der Waals surface area (Å²) in [7, 11) is -3.31. The van der Waals surface area contributed by atoms with Gasteiger partial charge in [-0.05, 0) is 30.4 Å². The van der Waals surface area contributed by atoms with Crippen molar-refractivity contribution in [3.8, 4) is 0 Å². The minimum Gasteiger partial charge on any atom is -0.308 e. The molecule has 0 aromatic heterocycles. The highest BCUT2D eigenvalue weighted by molar-refractivity contribution is 7.92. The fraction of sp³-hybridized carbons (Fsp3) is 0.562. The first kappa shape index (κ1) is 16.0. The summed E-state index contributed by atoms with van der Waals surface area (Å²) in [5.41, 5.74) is 2.00. The molecule has 0 N–H and O–H groups in total. The number of sulfone groups is 1. The van der Waals surface area contributed by atoms with E-state index in [1.54, 1.807) is 11.8 Å². The van der Waals surface area contributed by atoms with Gasteiger partial charge in [-0.25, -0.2) is 8.42 Å². The second-order valence-electron chi connectivity index (χ2n) is 5.92. The molecule has 21 heavy (non-hydrogen) atoms. The van der Waals surface area contributed by atoms with Gasteiger partial charge in [-0.1, -0.05) is 39.0 Å². The maximum Gasteiger partial charge on any atom is 0.242 e. The van der Waals surface area contributed by atoms with Crippen LogP contribution in [0.25, 0.3) is 0 Å². The van der Waals surface area contributed by atoms with Crippen LogP contribution >= 0.6 is 0 Å². The van der Waals surface area contributed by atoms with Crippen LogP contribution in [0.15, 0.2) is 24.3 Å². The van der Waals surface area contributed by atoms with Crippen molar-refractivity contribution in [2.24, 2.45) is 5.92 Å². The zero-order valence-corrected chi connectivity index (χ0v) is 13.7. The Morgan fingerprint density at radius 3 is 2.62 bits per heavy atom. The molecule has 1 aromatic rings. The molecule has 5 heteroatoms. The Morgan fingerprint density at radius 1 is 1.33 bits per heavy atom. The number of amides is 1. The van der Waals surface area contributed by atoms with Crippen molar-refractivity contribution in [3.63, 3.8) is 0 Å². The summed E-state index contributed by atoms with van der Waals surface area (Å²) in [6, 6.07) is 7.86. The number of hydrogen-bond acceptors (Lipinski definition) is 3. The number of para-hydroxylation sites is 1. The number of nitrogens with zero attached hydrogens (tertiary/aromatic N) is 1. The van der Waals surface area contributed by atoms with Gasteiger partial charge in [-0.15, -0.1) is 0 Å². The highest BCUT2D eigenvalue weighted by Crippen LogP contribution is 2.33. The average Bonchev–Trinajstić information content (AvgIpc) is 2.45. The molecule has 0 radical (unpaired) electrons. The van der Waals surface area contributed by atoms with E-state index in [0.29, 0.717) is 5.92 Å². The van der Waals surface area contributed by atoms with Crippen molar-refractivity contribution in [2.75, 3.05) is 16.4 Å². The third kappa shape index (κ3) is 3.46. The van der Waals surface area contributed by atoms with Crippen LogP contribution in [0, 0.1) is 5.92 Å². The molecule has 116 valence electrons.